The summed E-state index contributed by atoms with van der Waals surface area (Å²) in [6.45, 7) is 12.5. The molecule has 0 fully saturated rings. The number of nitrogens with one attached hydrogen (secondary N) is 1. The quantitative estimate of drug-likeness (QED) is 0.684. The van der Waals surface area contributed by atoms with E-state index in [1.165, 1.54) is 55.5 Å². The van der Waals surface area contributed by atoms with Gasteiger partial charge < -0.3 is 10.2 Å². The maximum absolute atomic E-state index is 3.51. The Morgan fingerprint density at radius 3 is 2.10 bits per heavy atom. The van der Waals surface area contributed by atoms with Gasteiger partial charge in [0.2, 0.25) is 0 Å². The van der Waals surface area contributed by atoms with Crippen molar-refractivity contribution < 1.29 is 0 Å². The average Bonchev–Trinajstić information content (AvgIpc) is 2.49. The highest BCUT2D eigenvalue weighted by molar-refractivity contribution is 5.31. The summed E-state index contributed by atoms with van der Waals surface area (Å²) in [7, 11) is 2.08. The molecule has 120 valence electrons. The van der Waals surface area contributed by atoms with Gasteiger partial charge in [0.1, 0.15) is 0 Å². The molecule has 0 spiro atoms. The molecule has 0 bridgehead atoms. The summed E-state index contributed by atoms with van der Waals surface area (Å²) in [5.41, 5.74) is 4.18. The summed E-state index contributed by atoms with van der Waals surface area (Å²) in [6.07, 6.45) is 5.15. The molecule has 1 rings (SSSR count). The van der Waals surface area contributed by atoms with Crippen molar-refractivity contribution in [1.82, 2.24) is 10.2 Å². The van der Waals surface area contributed by atoms with E-state index in [1.807, 2.05) is 0 Å². The van der Waals surface area contributed by atoms with E-state index in [0.29, 0.717) is 6.04 Å². The van der Waals surface area contributed by atoms with Crippen molar-refractivity contribution in [2.75, 3.05) is 26.7 Å². The SMILES string of the molecule is CCCCN(CCCC)CC(NC)c1ccc(C)c(C)c1. The molecule has 1 aromatic rings. The van der Waals surface area contributed by atoms with Crippen LogP contribution in [0.5, 0.6) is 0 Å². The fraction of sp³-hybridized carbons (Fsp3) is 0.684. The normalized spacial score (nSPS) is 12.9. The van der Waals surface area contributed by atoms with Crippen LogP contribution in [0.25, 0.3) is 0 Å². The largest absolute Gasteiger partial charge is 0.312 e. The van der Waals surface area contributed by atoms with Gasteiger partial charge in [-0.1, -0.05) is 44.9 Å². The molecule has 1 unspecified atom stereocenters. The van der Waals surface area contributed by atoms with E-state index in [0.717, 1.165) is 6.54 Å². The van der Waals surface area contributed by atoms with Gasteiger partial charge in [-0.3, -0.25) is 0 Å². The maximum atomic E-state index is 3.51. The number of rotatable bonds is 10. The van der Waals surface area contributed by atoms with Gasteiger partial charge in [-0.25, -0.2) is 0 Å². The number of nitrogens with zero attached hydrogens (tertiary/aromatic N) is 1. The van der Waals surface area contributed by atoms with Gasteiger partial charge in [0.25, 0.3) is 0 Å². The first-order valence-corrected chi connectivity index (χ1v) is 8.59. The summed E-state index contributed by atoms with van der Waals surface area (Å²) in [5, 5.41) is 3.51. The van der Waals surface area contributed by atoms with Gasteiger partial charge in [0.15, 0.2) is 0 Å². The van der Waals surface area contributed by atoms with Gasteiger partial charge in [-0.15, -0.1) is 0 Å². The Morgan fingerprint density at radius 1 is 1.00 bits per heavy atom. The Morgan fingerprint density at radius 2 is 1.62 bits per heavy atom. The van der Waals surface area contributed by atoms with Crippen molar-refractivity contribution in [3.05, 3.63) is 34.9 Å². The second-order valence-corrected chi connectivity index (χ2v) is 6.19. The molecule has 0 aromatic heterocycles. The molecular weight excluding hydrogens is 256 g/mol. The fourth-order valence-corrected chi connectivity index (χ4v) is 2.66. The molecule has 0 amide bonds. The number of hydrogen-bond donors (Lipinski definition) is 1. The van der Waals surface area contributed by atoms with Crippen LogP contribution >= 0.6 is 0 Å². The third-order valence-electron chi connectivity index (χ3n) is 4.38. The number of benzene rings is 1. The molecule has 0 saturated carbocycles. The van der Waals surface area contributed by atoms with Crippen molar-refractivity contribution in [3.63, 3.8) is 0 Å². The Balaban J connectivity index is 2.73. The summed E-state index contributed by atoms with van der Waals surface area (Å²) >= 11 is 0. The first-order chi connectivity index (χ1) is 10.1. The van der Waals surface area contributed by atoms with Crippen LogP contribution in [0.1, 0.15) is 62.3 Å². The van der Waals surface area contributed by atoms with Gasteiger partial charge in [-0.05, 0) is 63.5 Å². The maximum Gasteiger partial charge on any atom is 0.0446 e. The number of unbranched alkanes of at least 4 members (excludes halogenated alkanes) is 2. The summed E-state index contributed by atoms with van der Waals surface area (Å²) in [6, 6.07) is 7.30. The number of likely N-dealkylation sites (N-methyl/N-ethyl adjacent to an activating group) is 1. The Labute approximate surface area is 131 Å². The highest BCUT2D eigenvalue weighted by Gasteiger charge is 2.14. The first kappa shape index (κ1) is 18.2. The van der Waals surface area contributed by atoms with Crippen molar-refractivity contribution >= 4 is 0 Å². The molecule has 0 aliphatic rings. The molecule has 1 atom stereocenters. The lowest BCUT2D eigenvalue weighted by Crippen LogP contribution is -2.35. The van der Waals surface area contributed by atoms with Crippen LogP contribution in [0.3, 0.4) is 0 Å². The lowest BCUT2D eigenvalue weighted by atomic mass is 10.0. The minimum absolute atomic E-state index is 0.429. The minimum atomic E-state index is 0.429. The Bertz CT molecular complexity index is 393. The first-order valence-electron chi connectivity index (χ1n) is 8.59. The molecule has 0 aliphatic carbocycles. The smallest absolute Gasteiger partial charge is 0.0446 e. The van der Waals surface area contributed by atoms with E-state index in [-0.39, 0.29) is 0 Å². The van der Waals surface area contributed by atoms with E-state index in [9.17, 15) is 0 Å². The van der Waals surface area contributed by atoms with E-state index < -0.39 is 0 Å². The third kappa shape index (κ3) is 6.19. The van der Waals surface area contributed by atoms with Crippen LogP contribution < -0.4 is 5.32 Å². The van der Waals surface area contributed by atoms with Gasteiger partial charge >= 0.3 is 0 Å². The highest BCUT2D eigenvalue weighted by Crippen LogP contribution is 2.18. The van der Waals surface area contributed by atoms with Crippen molar-refractivity contribution in [1.29, 1.82) is 0 Å². The number of hydrogen-bond acceptors (Lipinski definition) is 2. The van der Waals surface area contributed by atoms with E-state index in [4.69, 9.17) is 0 Å². The Hall–Kier alpha value is -0.860. The fourth-order valence-electron chi connectivity index (χ4n) is 2.66. The topological polar surface area (TPSA) is 15.3 Å². The van der Waals surface area contributed by atoms with Crippen molar-refractivity contribution in [2.24, 2.45) is 0 Å². The van der Waals surface area contributed by atoms with Gasteiger partial charge in [0.05, 0.1) is 0 Å². The van der Waals surface area contributed by atoms with Crippen LogP contribution in [0.15, 0.2) is 18.2 Å². The summed E-state index contributed by atoms with van der Waals surface area (Å²) < 4.78 is 0. The molecule has 21 heavy (non-hydrogen) atoms. The predicted molar refractivity (Wildman–Crippen MR) is 94.0 cm³/mol. The van der Waals surface area contributed by atoms with Crippen LogP contribution in [0.4, 0.5) is 0 Å². The minimum Gasteiger partial charge on any atom is -0.312 e. The molecule has 1 aromatic carbocycles. The molecular formula is C19H34N2. The van der Waals surface area contributed by atoms with Crippen LogP contribution in [0.2, 0.25) is 0 Å². The Kier molecular flexibility index (Phi) is 8.63. The van der Waals surface area contributed by atoms with Crippen LogP contribution in [-0.4, -0.2) is 31.6 Å². The van der Waals surface area contributed by atoms with E-state index >= 15 is 0 Å². The molecule has 0 aliphatic heterocycles. The molecule has 0 heterocycles. The summed E-state index contributed by atoms with van der Waals surface area (Å²) in [4.78, 5) is 2.63. The zero-order valence-electron chi connectivity index (χ0n) is 14.7. The van der Waals surface area contributed by atoms with E-state index in [1.54, 1.807) is 0 Å². The zero-order chi connectivity index (χ0) is 15.7. The van der Waals surface area contributed by atoms with Gasteiger partial charge in [-0.2, -0.15) is 0 Å². The molecule has 2 heteroatoms. The number of aryl methyl sites for hydroxylation is 2. The molecule has 0 saturated heterocycles. The highest BCUT2D eigenvalue weighted by atomic mass is 15.1. The zero-order valence-corrected chi connectivity index (χ0v) is 14.7. The van der Waals surface area contributed by atoms with Crippen LogP contribution in [-0.2, 0) is 0 Å². The third-order valence-corrected chi connectivity index (χ3v) is 4.38. The molecule has 1 N–H and O–H groups in total. The lowest BCUT2D eigenvalue weighted by Gasteiger charge is -2.28. The van der Waals surface area contributed by atoms with Gasteiger partial charge in [0, 0.05) is 12.6 Å². The van der Waals surface area contributed by atoms with Crippen molar-refractivity contribution in [3.8, 4) is 0 Å². The van der Waals surface area contributed by atoms with E-state index in [2.05, 4.69) is 63.2 Å². The monoisotopic (exact) mass is 290 g/mol. The second-order valence-electron chi connectivity index (χ2n) is 6.19. The van der Waals surface area contributed by atoms with Crippen molar-refractivity contribution in [2.45, 2.75) is 59.4 Å². The standard InChI is InChI=1S/C19H34N2/c1-6-8-12-21(13-9-7-2)15-19(20-5)18-11-10-16(3)17(4)14-18/h10-11,14,19-20H,6-9,12-13,15H2,1-5H3. The summed E-state index contributed by atoms with van der Waals surface area (Å²) in [5.74, 6) is 0. The average molecular weight is 290 g/mol. The second kappa shape index (κ2) is 9.97. The van der Waals surface area contributed by atoms with Crippen LogP contribution in [0, 0.1) is 13.8 Å². The molecule has 2 nitrogen and oxygen atoms in total. The predicted octanol–water partition coefficient (Wildman–Crippen LogP) is 4.47. The lowest BCUT2D eigenvalue weighted by molar-refractivity contribution is 0.239. The molecule has 0 radical (unpaired) electrons.